The quantitative estimate of drug-likeness (QED) is 0.500. The fourth-order valence-corrected chi connectivity index (χ4v) is 2.64. The Morgan fingerprint density at radius 3 is 1.41 bits per heavy atom. The molecule has 0 saturated heterocycles. The van der Waals surface area contributed by atoms with Crippen LogP contribution >= 0.6 is 0 Å². The Morgan fingerprint density at radius 1 is 0.682 bits per heavy atom. The monoisotopic (exact) mass is 304 g/mol. The average molecular weight is 304 g/mol. The van der Waals surface area contributed by atoms with Crippen LogP contribution in [-0.4, -0.2) is 9.13 Å². The molecule has 0 N–H and O–H groups in total. The highest BCUT2D eigenvalue weighted by Gasteiger charge is 2.07. The highest BCUT2D eigenvalue weighted by molar-refractivity contribution is 4.70. The zero-order valence-electron chi connectivity index (χ0n) is 14.7. The lowest BCUT2D eigenvalue weighted by molar-refractivity contribution is -0.698. The van der Waals surface area contributed by atoms with Gasteiger partial charge in [0, 0.05) is 0 Å². The van der Waals surface area contributed by atoms with Crippen molar-refractivity contribution in [2.75, 3.05) is 0 Å². The van der Waals surface area contributed by atoms with Crippen LogP contribution in [0.15, 0.2) is 37.4 Å². The first-order chi connectivity index (χ1) is 10.6. The van der Waals surface area contributed by atoms with Crippen LogP contribution in [0.25, 0.3) is 0 Å². The molecule has 0 saturated carbocycles. The molecule has 0 unspecified atom stereocenters. The van der Waals surface area contributed by atoms with E-state index in [4.69, 9.17) is 0 Å². The predicted octanol–water partition coefficient (Wildman–Crippen LogP) is 3.29. The van der Waals surface area contributed by atoms with E-state index in [1.807, 2.05) is 0 Å². The average Bonchev–Trinajstić information content (AvgIpc) is 3.12. The van der Waals surface area contributed by atoms with Crippen molar-refractivity contribution in [2.45, 2.75) is 78.6 Å². The standard InChI is InChI=1S/C18H32N4/c1-17(2)21-13-11-19(15-21)9-7-5-6-8-10-20-12-14-22(16-20)18(3)4/h11-18H,5-10H2,1-4H3/q+2. The summed E-state index contributed by atoms with van der Waals surface area (Å²) in [5.74, 6) is 0. The fourth-order valence-electron chi connectivity index (χ4n) is 2.64. The van der Waals surface area contributed by atoms with Crippen molar-refractivity contribution in [1.29, 1.82) is 0 Å². The first-order valence-electron chi connectivity index (χ1n) is 8.69. The van der Waals surface area contributed by atoms with E-state index < -0.39 is 0 Å². The Morgan fingerprint density at radius 2 is 1.09 bits per heavy atom. The molecule has 4 nitrogen and oxygen atoms in total. The smallest absolute Gasteiger partial charge is 0.237 e. The third kappa shape index (κ3) is 5.00. The third-order valence-corrected chi connectivity index (χ3v) is 4.20. The van der Waals surface area contributed by atoms with Gasteiger partial charge >= 0.3 is 0 Å². The normalized spacial score (nSPS) is 11.7. The van der Waals surface area contributed by atoms with Gasteiger partial charge in [0.2, 0.25) is 12.7 Å². The Hall–Kier alpha value is -1.58. The van der Waals surface area contributed by atoms with E-state index in [0.29, 0.717) is 12.1 Å². The Labute approximate surface area is 135 Å². The molecule has 0 atom stereocenters. The molecule has 0 radical (unpaired) electrons. The zero-order valence-corrected chi connectivity index (χ0v) is 14.7. The minimum Gasteiger partial charge on any atom is -0.237 e. The molecule has 0 bridgehead atoms. The molecule has 0 aliphatic rings. The van der Waals surface area contributed by atoms with E-state index in [1.54, 1.807) is 0 Å². The van der Waals surface area contributed by atoms with Crippen LogP contribution in [0.5, 0.6) is 0 Å². The van der Waals surface area contributed by atoms with Crippen molar-refractivity contribution in [2.24, 2.45) is 0 Å². The largest absolute Gasteiger partial charge is 0.243 e. The number of hydrogen-bond acceptors (Lipinski definition) is 0. The van der Waals surface area contributed by atoms with Crippen molar-refractivity contribution in [3.05, 3.63) is 37.4 Å². The minimum absolute atomic E-state index is 0.552. The molecule has 22 heavy (non-hydrogen) atoms. The molecule has 0 aromatic carbocycles. The molecular weight excluding hydrogens is 272 g/mol. The van der Waals surface area contributed by atoms with Crippen LogP contribution in [0.4, 0.5) is 0 Å². The van der Waals surface area contributed by atoms with Crippen molar-refractivity contribution >= 4 is 0 Å². The molecule has 0 spiro atoms. The van der Waals surface area contributed by atoms with Gasteiger partial charge in [-0.05, 0) is 53.4 Å². The maximum Gasteiger partial charge on any atom is 0.243 e. The van der Waals surface area contributed by atoms with E-state index in [0.717, 1.165) is 13.1 Å². The van der Waals surface area contributed by atoms with Gasteiger partial charge in [0.15, 0.2) is 0 Å². The lowest BCUT2D eigenvalue weighted by Gasteiger charge is -2.00. The van der Waals surface area contributed by atoms with Crippen LogP contribution in [-0.2, 0) is 13.1 Å². The van der Waals surface area contributed by atoms with Crippen molar-refractivity contribution in [3.63, 3.8) is 0 Å². The molecule has 2 rings (SSSR count). The number of aryl methyl sites for hydroxylation is 2. The van der Waals surface area contributed by atoms with Gasteiger partial charge in [0.25, 0.3) is 0 Å². The lowest BCUT2D eigenvalue weighted by Crippen LogP contribution is -2.31. The maximum atomic E-state index is 2.30. The summed E-state index contributed by atoms with van der Waals surface area (Å²) in [5, 5.41) is 0. The number of hydrogen-bond donors (Lipinski definition) is 0. The predicted molar refractivity (Wildman–Crippen MR) is 88.5 cm³/mol. The molecule has 0 aliphatic heterocycles. The van der Waals surface area contributed by atoms with Crippen molar-refractivity contribution < 1.29 is 9.13 Å². The Balaban J connectivity index is 1.58. The van der Waals surface area contributed by atoms with E-state index in [-0.39, 0.29) is 0 Å². The SMILES string of the molecule is CC(C)n1cc[n+](CCCCCC[n+]2ccn(C(C)C)c2)c1. The maximum absolute atomic E-state index is 2.30. The lowest BCUT2D eigenvalue weighted by atomic mass is 10.2. The summed E-state index contributed by atoms with van der Waals surface area (Å²) in [4.78, 5) is 0. The molecule has 4 heteroatoms. The summed E-state index contributed by atoms with van der Waals surface area (Å²) in [6.07, 6.45) is 18.3. The summed E-state index contributed by atoms with van der Waals surface area (Å²) in [5.41, 5.74) is 0. The third-order valence-electron chi connectivity index (χ3n) is 4.20. The van der Waals surface area contributed by atoms with Crippen molar-refractivity contribution in [1.82, 2.24) is 9.13 Å². The summed E-state index contributed by atoms with van der Waals surface area (Å²) in [6, 6.07) is 1.10. The van der Waals surface area contributed by atoms with Gasteiger partial charge in [-0.3, -0.25) is 0 Å². The van der Waals surface area contributed by atoms with E-state index in [9.17, 15) is 0 Å². The van der Waals surface area contributed by atoms with Gasteiger partial charge in [-0.15, -0.1) is 0 Å². The summed E-state index contributed by atoms with van der Waals surface area (Å²) >= 11 is 0. The molecule has 0 aliphatic carbocycles. The summed E-state index contributed by atoms with van der Waals surface area (Å²) < 4.78 is 9.13. The second-order valence-electron chi connectivity index (χ2n) is 6.80. The number of aromatic nitrogens is 4. The van der Waals surface area contributed by atoms with E-state index in [1.165, 1.54) is 25.7 Å². The number of nitrogens with zero attached hydrogens (tertiary/aromatic N) is 4. The molecule has 0 fully saturated rings. The first-order valence-corrected chi connectivity index (χ1v) is 8.69. The van der Waals surface area contributed by atoms with E-state index in [2.05, 4.69) is 83.4 Å². The number of imidazole rings is 2. The van der Waals surface area contributed by atoms with Crippen LogP contribution in [0, 0.1) is 0 Å². The second-order valence-corrected chi connectivity index (χ2v) is 6.80. The fraction of sp³-hybridized carbons (Fsp3) is 0.667. The first kappa shape index (κ1) is 16.8. The van der Waals surface area contributed by atoms with Crippen LogP contribution in [0.2, 0.25) is 0 Å². The molecule has 2 aromatic rings. The molecule has 0 amide bonds. The van der Waals surface area contributed by atoms with Gasteiger partial charge in [0.05, 0.1) is 25.2 Å². The topological polar surface area (TPSA) is 17.6 Å². The Bertz CT molecular complexity index is 501. The molecular formula is C18H32N4+2. The second kappa shape index (κ2) is 8.16. The van der Waals surface area contributed by atoms with Crippen LogP contribution < -0.4 is 9.13 Å². The molecule has 122 valence electrons. The van der Waals surface area contributed by atoms with Crippen molar-refractivity contribution in [3.8, 4) is 0 Å². The van der Waals surface area contributed by atoms with Gasteiger partial charge < -0.3 is 0 Å². The summed E-state index contributed by atoms with van der Waals surface area (Å²) in [6.45, 7) is 11.1. The highest BCUT2D eigenvalue weighted by atomic mass is 15.1. The van der Waals surface area contributed by atoms with Gasteiger partial charge in [-0.1, -0.05) is 0 Å². The minimum atomic E-state index is 0.552. The summed E-state index contributed by atoms with van der Waals surface area (Å²) in [7, 11) is 0. The van der Waals surface area contributed by atoms with Crippen LogP contribution in [0.3, 0.4) is 0 Å². The van der Waals surface area contributed by atoms with E-state index >= 15 is 0 Å². The Kier molecular flexibility index (Phi) is 6.22. The zero-order chi connectivity index (χ0) is 15.9. The number of rotatable bonds is 9. The van der Waals surface area contributed by atoms with Gasteiger partial charge in [-0.2, -0.15) is 0 Å². The van der Waals surface area contributed by atoms with Gasteiger partial charge in [0.1, 0.15) is 24.8 Å². The number of unbranched alkanes of at least 4 members (excludes halogenated alkanes) is 3. The highest BCUT2D eigenvalue weighted by Crippen LogP contribution is 2.04. The molecule has 2 heterocycles. The molecule has 2 aromatic heterocycles. The van der Waals surface area contributed by atoms with Gasteiger partial charge in [-0.25, -0.2) is 18.3 Å². The van der Waals surface area contributed by atoms with Crippen LogP contribution in [0.1, 0.15) is 65.5 Å².